The Kier molecular flexibility index (Phi) is 16.1. The zero-order valence-corrected chi connectivity index (χ0v) is 14.6. The molecule has 0 bridgehead atoms. The molecule has 2 atom stereocenters. The molecule has 0 aliphatic carbocycles. The molecule has 4 nitrogen and oxygen atoms in total. The second-order valence-electron chi connectivity index (χ2n) is 5.61. The fraction of sp³-hybridized carbons (Fsp3) is 1.00. The van der Waals surface area contributed by atoms with E-state index < -0.39 is 0 Å². The summed E-state index contributed by atoms with van der Waals surface area (Å²) < 4.78 is 22.0. The molecule has 2 unspecified atom stereocenters. The SMILES string of the molecule is CCCC(C)OCCOCCOCCOCCC(C)CC. The van der Waals surface area contributed by atoms with Gasteiger partial charge in [-0.3, -0.25) is 0 Å². The molecule has 0 aromatic heterocycles. The fourth-order valence-corrected chi connectivity index (χ4v) is 1.83. The van der Waals surface area contributed by atoms with Gasteiger partial charge in [-0.15, -0.1) is 0 Å². The minimum absolute atomic E-state index is 0.336. The predicted octanol–water partition coefficient (Wildman–Crippen LogP) is 3.68. The average Bonchev–Trinajstić information content (AvgIpc) is 2.48. The summed E-state index contributed by atoms with van der Waals surface area (Å²) in [7, 11) is 0. The van der Waals surface area contributed by atoms with Crippen molar-refractivity contribution in [2.45, 2.75) is 59.5 Å². The smallest absolute Gasteiger partial charge is 0.0704 e. The van der Waals surface area contributed by atoms with Crippen molar-refractivity contribution in [3.05, 3.63) is 0 Å². The summed E-state index contributed by atoms with van der Waals surface area (Å²) in [6.45, 7) is 13.5. The van der Waals surface area contributed by atoms with Crippen molar-refractivity contribution >= 4 is 0 Å². The largest absolute Gasteiger partial charge is 0.379 e. The standard InChI is InChI=1S/C17H36O4/c1-5-7-17(4)21-15-14-20-13-12-19-11-10-18-9-8-16(3)6-2/h16-17H,5-15H2,1-4H3. The maximum atomic E-state index is 5.60. The van der Waals surface area contributed by atoms with Crippen LogP contribution in [0.1, 0.15) is 53.4 Å². The normalized spacial score (nSPS) is 14.3. The van der Waals surface area contributed by atoms with Crippen molar-refractivity contribution in [3.8, 4) is 0 Å². The summed E-state index contributed by atoms with van der Waals surface area (Å²) in [6, 6.07) is 0. The molecular formula is C17H36O4. The van der Waals surface area contributed by atoms with Crippen LogP contribution in [0, 0.1) is 5.92 Å². The second-order valence-corrected chi connectivity index (χ2v) is 5.61. The fourth-order valence-electron chi connectivity index (χ4n) is 1.83. The lowest BCUT2D eigenvalue weighted by molar-refractivity contribution is -0.0170. The van der Waals surface area contributed by atoms with Gasteiger partial charge in [0.1, 0.15) is 0 Å². The van der Waals surface area contributed by atoms with Crippen LogP contribution in [-0.2, 0) is 18.9 Å². The molecular weight excluding hydrogens is 268 g/mol. The molecule has 0 rings (SSSR count). The first-order valence-electron chi connectivity index (χ1n) is 8.55. The van der Waals surface area contributed by atoms with Crippen LogP contribution in [-0.4, -0.2) is 52.4 Å². The zero-order chi connectivity index (χ0) is 15.8. The second kappa shape index (κ2) is 16.2. The Bertz CT molecular complexity index is 199. The van der Waals surface area contributed by atoms with Crippen molar-refractivity contribution in [3.63, 3.8) is 0 Å². The van der Waals surface area contributed by atoms with Crippen LogP contribution in [0.3, 0.4) is 0 Å². The van der Waals surface area contributed by atoms with Gasteiger partial charge in [0.2, 0.25) is 0 Å². The zero-order valence-electron chi connectivity index (χ0n) is 14.6. The first kappa shape index (κ1) is 20.8. The van der Waals surface area contributed by atoms with E-state index in [0.717, 1.165) is 31.8 Å². The van der Waals surface area contributed by atoms with Gasteiger partial charge in [0, 0.05) is 6.61 Å². The van der Waals surface area contributed by atoms with E-state index in [1.165, 1.54) is 6.42 Å². The molecule has 0 saturated carbocycles. The lowest BCUT2D eigenvalue weighted by Gasteiger charge is -2.12. The first-order chi connectivity index (χ1) is 10.2. The Labute approximate surface area is 131 Å². The van der Waals surface area contributed by atoms with Gasteiger partial charge < -0.3 is 18.9 Å². The highest BCUT2D eigenvalue weighted by Gasteiger charge is 2.00. The molecule has 0 amide bonds. The summed E-state index contributed by atoms with van der Waals surface area (Å²) >= 11 is 0. The Morgan fingerprint density at radius 2 is 1.19 bits per heavy atom. The summed E-state index contributed by atoms with van der Waals surface area (Å²) in [4.78, 5) is 0. The molecule has 0 saturated heterocycles. The molecule has 0 aromatic rings. The lowest BCUT2D eigenvalue weighted by Crippen LogP contribution is -2.15. The summed E-state index contributed by atoms with van der Waals surface area (Å²) in [6.07, 6.45) is 4.96. The van der Waals surface area contributed by atoms with Gasteiger partial charge >= 0.3 is 0 Å². The molecule has 0 aromatic carbocycles. The maximum absolute atomic E-state index is 5.60. The van der Waals surface area contributed by atoms with E-state index >= 15 is 0 Å². The van der Waals surface area contributed by atoms with Gasteiger partial charge in [-0.2, -0.15) is 0 Å². The number of hydrogen-bond donors (Lipinski definition) is 0. The van der Waals surface area contributed by atoms with Crippen molar-refractivity contribution in [2.75, 3.05) is 46.2 Å². The minimum atomic E-state index is 0.336. The van der Waals surface area contributed by atoms with Gasteiger partial charge in [0.25, 0.3) is 0 Å². The number of rotatable bonds is 16. The monoisotopic (exact) mass is 304 g/mol. The van der Waals surface area contributed by atoms with Gasteiger partial charge in [0.15, 0.2) is 0 Å². The number of hydrogen-bond acceptors (Lipinski definition) is 4. The van der Waals surface area contributed by atoms with Crippen molar-refractivity contribution in [1.29, 1.82) is 0 Å². The lowest BCUT2D eigenvalue weighted by atomic mass is 10.1. The van der Waals surface area contributed by atoms with Crippen molar-refractivity contribution < 1.29 is 18.9 Å². The summed E-state index contributed by atoms with van der Waals surface area (Å²) in [5.74, 6) is 0.751. The third-order valence-corrected chi connectivity index (χ3v) is 3.52. The molecule has 0 aliphatic heterocycles. The topological polar surface area (TPSA) is 36.9 Å². The summed E-state index contributed by atoms with van der Waals surface area (Å²) in [5, 5.41) is 0. The van der Waals surface area contributed by atoms with E-state index in [9.17, 15) is 0 Å². The van der Waals surface area contributed by atoms with Crippen LogP contribution in [0.4, 0.5) is 0 Å². The van der Waals surface area contributed by atoms with Crippen LogP contribution in [0.2, 0.25) is 0 Å². The van der Waals surface area contributed by atoms with Crippen LogP contribution in [0.15, 0.2) is 0 Å². The van der Waals surface area contributed by atoms with Gasteiger partial charge in [0.05, 0.1) is 45.7 Å². The maximum Gasteiger partial charge on any atom is 0.0704 e. The number of ether oxygens (including phenoxy) is 4. The Morgan fingerprint density at radius 1 is 0.667 bits per heavy atom. The minimum Gasteiger partial charge on any atom is -0.379 e. The molecule has 0 N–H and O–H groups in total. The molecule has 0 radical (unpaired) electrons. The van der Waals surface area contributed by atoms with E-state index in [-0.39, 0.29) is 0 Å². The van der Waals surface area contributed by atoms with E-state index in [0.29, 0.717) is 45.7 Å². The van der Waals surface area contributed by atoms with E-state index in [1.54, 1.807) is 0 Å². The Balaban J connectivity index is 3.06. The van der Waals surface area contributed by atoms with Gasteiger partial charge in [-0.1, -0.05) is 33.6 Å². The Morgan fingerprint density at radius 3 is 1.71 bits per heavy atom. The average molecular weight is 304 g/mol. The molecule has 4 heteroatoms. The summed E-state index contributed by atoms with van der Waals surface area (Å²) in [5.41, 5.74) is 0. The highest BCUT2D eigenvalue weighted by atomic mass is 16.6. The third kappa shape index (κ3) is 16.0. The van der Waals surface area contributed by atoms with E-state index in [2.05, 4.69) is 27.7 Å². The van der Waals surface area contributed by atoms with Crippen LogP contribution in [0.25, 0.3) is 0 Å². The molecule has 128 valence electrons. The quantitative estimate of drug-likeness (QED) is 0.408. The predicted molar refractivity (Wildman–Crippen MR) is 86.9 cm³/mol. The van der Waals surface area contributed by atoms with Crippen LogP contribution in [0.5, 0.6) is 0 Å². The Hall–Kier alpha value is -0.160. The highest BCUT2D eigenvalue weighted by Crippen LogP contribution is 2.05. The molecule has 0 spiro atoms. The first-order valence-corrected chi connectivity index (χ1v) is 8.55. The van der Waals surface area contributed by atoms with Gasteiger partial charge in [-0.05, 0) is 25.7 Å². The van der Waals surface area contributed by atoms with Crippen LogP contribution >= 0.6 is 0 Å². The molecule has 0 fully saturated rings. The van der Waals surface area contributed by atoms with E-state index in [4.69, 9.17) is 18.9 Å². The molecule has 0 heterocycles. The highest BCUT2D eigenvalue weighted by molar-refractivity contribution is 4.48. The van der Waals surface area contributed by atoms with Gasteiger partial charge in [-0.25, -0.2) is 0 Å². The third-order valence-electron chi connectivity index (χ3n) is 3.52. The molecule has 0 aliphatic rings. The van der Waals surface area contributed by atoms with Crippen LogP contribution < -0.4 is 0 Å². The van der Waals surface area contributed by atoms with Crippen molar-refractivity contribution in [2.24, 2.45) is 5.92 Å². The van der Waals surface area contributed by atoms with E-state index in [1.807, 2.05) is 0 Å². The van der Waals surface area contributed by atoms with Crippen molar-refractivity contribution in [1.82, 2.24) is 0 Å². The molecule has 21 heavy (non-hydrogen) atoms.